The maximum atomic E-state index is 12.1. The van der Waals surface area contributed by atoms with Gasteiger partial charge in [-0.3, -0.25) is 9.79 Å². The lowest BCUT2D eigenvalue weighted by atomic mass is 9.98. The minimum atomic E-state index is -2.44. The van der Waals surface area contributed by atoms with Crippen molar-refractivity contribution >= 4 is 17.3 Å². The van der Waals surface area contributed by atoms with E-state index >= 15 is 0 Å². The van der Waals surface area contributed by atoms with E-state index in [9.17, 15) is 13.6 Å². The molecule has 0 spiro atoms. The first kappa shape index (κ1) is 19.8. The Balaban J connectivity index is 2.06. The first-order valence-corrected chi connectivity index (χ1v) is 8.57. The highest BCUT2D eigenvalue weighted by molar-refractivity contribution is 6.38. The Labute approximate surface area is 151 Å². The number of hydrogen-bond donors (Lipinski definition) is 3. The number of halogens is 2. The summed E-state index contributed by atoms with van der Waals surface area (Å²) in [6.45, 7) is 2.71. The average Bonchev–Trinajstić information content (AvgIpc) is 2.98. The molecule has 5 N–H and O–H groups in total. The van der Waals surface area contributed by atoms with E-state index in [1.54, 1.807) is 0 Å². The first-order chi connectivity index (χ1) is 12.4. The van der Waals surface area contributed by atoms with Crippen molar-refractivity contribution < 1.29 is 13.6 Å². The standard InChI is InChI=1S/C18H25F2N5O/c1-12(18(26)23-9-7-16(19)20)24-10-17(22)25-11-13(6-8-21)14-4-2-3-5-15(14)25/h2-5,10,13,16H,6-9,11,21-22H2,1H3,(H,23,26)/b17-10-,24-12?. The molecule has 142 valence electrons. The molecule has 26 heavy (non-hydrogen) atoms. The summed E-state index contributed by atoms with van der Waals surface area (Å²) in [7, 11) is 0. The van der Waals surface area contributed by atoms with Crippen LogP contribution in [0.25, 0.3) is 0 Å². The lowest BCUT2D eigenvalue weighted by Crippen LogP contribution is -2.31. The molecule has 0 bridgehead atoms. The van der Waals surface area contributed by atoms with E-state index in [4.69, 9.17) is 11.5 Å². The highest BCUT2D eigenvalue weighted by atomic mass is 19.3. The summed E-state index contributed by atoms with van der Waals surface area (Å²) in [4.78, 5) is 17.8. The molecule has 0 saturated heterocycles. The molecule has 1 aliphatic heterocycles. The normalized spacial score (nSPS) is 17.6. The van der Waals surface area contributed by atoms with Gasteiger partial charge in [-0.2, -0.15) is 0 Å². The van der Waals surface area contributed by atoms with Gasteiger partial charge in [0, 0.05) is 31.1 Å². The van der Waals surface area contributed by atoms with Crippen LogP contribution in [-0.4, -0.2) is 37.7 Å². The third-order valence-electron chi connectivity index (χ3n) is 4.26. The van der Waals surface area contributed by atoms with Crippen molar-refractivity contribution in [2.45, 2.75) is 32.1 Å². The van der Waals surface area contributed by atoms with Gasteiger partial charge in [0.25, 0.3) is 5.91 Å². The van der Waals surface area contributed by atoms with Gasteiger partial charge in [-0.25, -0.2) is 8.78 Å². The Morgan fingerprint density at radius 3 is 2.88 bits per heavy atom. The summed E-state index contributed by atoms with van der Waals surface area (Å²) in [5, 5.41) is 2.40. The summed E-state index contributed by atoms with van der Waals surface area (Å²) in [6, 6.07) is 7.97. The number of rotatable bonds is 8. The number of alkyl halides is 2. The van der Waals surface area contributed by atoms with E-state index in [0.717, 1.165) is 12.1 Å². The summed E-state index contributed by atoms with van der Waals surface area (Å²) >= 11 is 0. The Bertz CT molecular complexity index is 690. The predicted octanol–water partition coefficient (Wildman–Crippen LogP) is 1.93. The molecular weight excluding hydrogens is 340 g/mol. The van der Waals surface area contributed by atoms with Gasteiger partial charge in [-0.05, 0) is 31.5 Å². The Hall–Kier alpha value is -2.48. The third kappa shape index (κ3) is 5.01. The number of carbonyl (C=O) groups excluding carboxylic acids is 1. The Morgan fingerprint density at radius 2 is 2.19 bits per heavy atom. The van der Waals surface area contributed by atoms with Crippen molar-refractivity contribution in [3.63, 3.8) is 0 Å². The zero-order valence-corrected chi connectivity index (χ0v) is 14.8. The first-order valence-electron chi connectivity index (χ1n) is 8.57. The van der Waals surface area contributed by atoms with Crippen molar-refractivity contribution in [3.8, 4) is 0 Å². The van der Waals surface area contributed by atoms with Crippen molar-refractivity contribution in [1.29, 1.82) is 0 Å². The van der Waals surface area contributed by atoms with Gasteiger partial charge in [0.2, 0.25) is 6.43 Å². The van der Waals surface area contributed by atoms with Gasteiger partial charge in [0.1, 0.15) is 11.5 Å². The largest absolute Gasteiger partial charge is 0.384 e. The van der Waals surface area contributed by atoms with Crippen LogP contribution in [0.15, 0.2) is 41.3 Å². The van der Waals surface area contributed by atoms with Crippen molar-refractivity contribution in [2.75, 3.05) is 24.5 Å². The van der Waals surface area contributed by atoms with Gasteiger partial charge >= 0.3 is 0 Å². The monoisotopic (exact) mass is 365 g/mol. The SMILES string of the molecule is CC(=N/C=C(/N)N1CC(CCN)c2ccccc21)C(=O)NCCC(F)F. The zero-order valence-electron chi connectivity index (χ0n) is 14.8. The Kier molecular flexibility index (Phi) is 7.08. The molecule has 1 aromatic carbocycles. The van der Waals surface area contributed by atoms with Gasteiger partial charge in [-0.1, -0.05) is 18.2 Å². The number of nitrogens with zero attached hydrogens (tertiary/aromatic N) is 2. The average molecular weight is 365 g/mol. The smallest absolute Gasteiger partial charge is 0.265 e. The lowest BCUT2D eigenvalue weighted by Gasteiger charge is -2.19. The van der Waals surface area contributed by atoms with Crippen LogP contribution in [-0.2, 0) is 4.79 Å². The lowest BCUT2D eigenvalue weighted by molar-refractivity contribution is -0.114. The van der Waals surface area contributed by atoms with E-state index in [2.05, 4.69) is 16.4 Å². The second kappa shape index (κ2) is 9.28. The number of amides is 1. The molecule has 0 saturated carbocycles. The van der Waals surface area contributed by atoms with E-state index in [1.165, 1.54) is 18.7 Å². The number of fused-ring (bicyclic) bond motifs is 1. The van der Waals surface area contributed by atoms with Crippen LogP contribution in [0.2, 0.25) is 0 Å². The molecule has 1 heterocycles. The fourth-order valence-corrected chi connectivity index (χ4v) is 2.90. The number of hydrogen-bond acceptors (Lipinski definition) is 5. The molecule has 1 atom stereocenters. The van der Waals surface area contributed by atoms with Gasteiger partial charge in [0.15, 0.2) is 0 Å². The third-order valence-corrected chi connectivity index (χ3v) is 4.26. The topological polar surface area (TPSA) is 96.7 Å². The van der Waals surface area contributed by atoms with Gasteiger partial charge in [0.05, 0.1) is 6.20 Å². The van der Waals surface area contributed by atoms with Crippen LogP contribution >= 0.6 is 0 Å². The number of anilines is 1. The number of aliphatic imine (C=N–C) groups is 1. The maximum Gasteiger partial charge on any atom is 0.265 e. The van der Waals surface area contributed by atoms with Gasteiger partial charge in [-0.15, -0.1) is 0 Å². The molecule has 1 aromatic rings. The molecule has 0 radical (unpaired) electrons. The van der Waals surface area contributed by atoms with E-state index in [-0.39, 0.29) is 18.7 Å². The second-order valence-corrected chi connectivity index (χ2v) is 6.15. The summed E-state index contributed by atoms with van der Waals surface area (Å²) < 4.78 is 24.2. The molecule has 6 nitrogen and oxygen atoms in total. The highest BCUT2D eigenvalue weighted by Crippen LogP contribution is 2.38. The minimum absolute atomic E-state index is 0.0944. The van der Waals surface area contributed by atoms with E-state index < -0.39 is 12.3 Å². The van der Waals surface area contributed by atoms with Crippen LogP contribution in [0.3, 0.4) is 0 Å². The predicted molar refractivity (Wildman–Crippen MR) is 99.2 cm³/mol. The molecule has 0 fully saturated rings. The quantitative estimate of drug-likeness (QED) is 0.613. The molecule has 1 aliphatic rings. The van der Waals surface area contributed by atoms with Crippen LogP contribution in [0.1, 0.15) is 31.2 Å². The Morgan fingerprint density at radius 1 is 1.46 bits per heavy atom. The van der Waals surface area contributed by atoms with E-state index in [0.29, 0.717) is 24.8 Å². The number of nitrogens with two attached hydrogens (primary N) is 2. The molecule has 8 heteroatoms. The van der Waals surface area contributed by atoms with Crippen LogP contribution in [0.4, 0.5) is 14.5 Å². The maximum absolute atomic E-state index is 12.1. The fraction of sp³-hybridized carbons (Fsp3) is 0.444. The molecule has 1 amide bonds. The van der Waals surface area contributed by atoms with Crippen molar-refractivity contribution in [3.05, 3.63) is 41.8 Å². The molecule has 0 aliphatic carbocycles. The van der Waals surface area contributed by atoms with E-state index in [1.807, 2.05) is 23.1 Å². The highest BCUT2D eigenvalue weighted by Gasteiger charge is 2.28. The summed E-state index contributed by atoms with van der Waals surface area (Å²) in [6.07, 6.45) is -0.552. The number of para-hydroxylation sites is 1. The number of benzene rings is 1. The minimum Gasteiger partial charge on any atom is -0.384 e. The molecule has 2 rings (SSSR count). The summed E-state index contributed by atoms with van der Waals surface area (Å²) in [5.41, 5.74) is 14.2. The van der Waals surface area contributed by atoms with Gasteiger partial charge < -0.3 is 21.7 Å². The van der Waals surface area contributed by atoms with Crippen LogP contribution in [0, 0.1) is 0 Å². The molecule has 0 aromatic heterocycles. The van der Waals surface area contributed by atoms with Crippen LogP contribution in [0.5, 0.6) is 0 Å². The molecule has 1 unspecified atom stereocenters. The van der Waals surface area contributed by atoms with Crippen molar-refractivity contribution in [2.24, 2.45) is 16.5 Å². The summed E-state index contributed by atoms with van der Waals surface area (Å²) in [5.74, 6) is 0.222. The second-order valence-electron chi connectivity index (χ2n) is 6.15. The van der Waals surface area contributed by atoms with Crippen LogP contribution < -0.4 is 21.7 Å². The van der Waals surface area contributed by atoms with Crippen molar-refractivity contribution in [1.82, 2.24) is 5.32 Å². The number of nitrogens with one attached hydrogen (secondary N) is 1. The zero-order chi connectivity index (χ0) is 19.1. The number of carbonyl (C=O) groups is 1. The fourth-order valence-electron chi connectivity index (χ4n) is 2.90. The molecular formula is C18H25F2N5O.